The molecule has 2 rings (SSSR count). The zero-order chi connectivity index (χ0) is 14.7. The van der Waals surface area contributed by atoms with Gasteiger partial charge in [0, 0.05) is 18.5 Å². The number of halogens is 1. The summed E-state index contributed by atoms with van der Waals surface area (Å²) in [6.07, 6.45) is 0. The summed E-state index contributed by atoms with van der Waals surface area (Å²) in [4.78, 5) is 14.8. The van der Waals surface area contributed by atoms with Crippen LogP contribution in [0.25, 0.3) is 0 Å². The number of benzene rings is 2. The molecule has 0 saturated heterocycles. The van der Waals surface area contributed by atoms with Gasteiger partial charge in [0.2, 0.25) is 0 Å². The number of carbonyl (C=O) groups is 1. The Morgan fingerprint density at radius 1 is 1.25 bits per heavy atom. The highest BCUT2D eigenvalue weighted by Gasteiger charge is 2.15. The molecule has 0 atom stereocenters. The maximum Gasteiger partial charge on any atom is 0.255 e. The van der Waals surface area contributed by atoms with E-state index in [1.54, 1.807) is 30.1 Å². The fourth-order valence-electron chi connectivity index (χ4n) is 2.04. The summed E-state index contributed by atoms with van der Waals surface area (Å²) < 4.78 is 0. The molecular weight excluding hydrogens is 290 g/mol. The Bertz CT molecular complexity index is 642. The zero-order valence-electron chi connectivity index (χ0n) is 11.4. The van der Waals surface area contributed by atoms with Gasteiger partial charge in [-0.15, -0.1) is 12.6 Å². The lowest BCUT2D eigenvalue weighted by molar-refractivity contribution is 0.0785. The Morgan fingerprint density at radius 3 is 2.70 bits per heavy atom. The molecule has 0 saturated carbocycles. The van der Waals surface area contributed by atoms with E-state index in [1.165, 1.54) is 5.56 Å². The predicted molar refractivity (Wildman–Crippen MR) is 85.7 cm³/mol. The average Bonchev–Trinajstić information content (AvgIpc) is 2.40. The molecule has 1 amide bonds. The minimum Gasteiger partial charge on any atom is -0.337 e. The van der Waals surface area contributed by atoms with E-state index in [9.17, 15) is 4.79 Å². The maximum atomic E-state index is 12.4. The van der Waals surface area contributed by atoms with Crippen LogP contribution in [0, 0.1) is 6.92 Å². The van der Waals surface area contributed by atoms with E-state index in [4.69, 9.17) is 11.6 Å². The second kappa shape index (κ2) is 6.33. The molecule has 4 heteroatoms. The number of amides is 1. The lowest BCUT2D eigenvalue weighted by atomic mass is 10.1. The molecule has 0 unspecified atom stereocenters. The van der Waals surface area contributed by atoms with Crippen molar-refractivity contribution in [2.24, 2.45) is 0 Å². The van der Waals surface area contributed by atoms with Gasteiger partial charge in [-0.2, -0.15) is 0 Å². The third-order valence-electron chi connectivity index (χ3n) is 3.03. The topological polar surface area (TPSA) is 20.3 Å². The number of hydrogen-bond acceptors (Lipinski definition) is 2. The van der Waals surface area contributed by atoms with Gasteiger partial charge < -0.3 is 4.90 Å². The minimum absolute atomic E-state index is 0.104. The summed E-state index contributed by atoms with van der Waals surface area (Å²) in [6, 6.07) is 13.3. The van der Waals surface area contributed by atoms with Crippen molar-refractivity contribution < 1.29 is 4.79 Å². The highest BCUT2D eigenvalue weighted by atomic mass is 35.5. The second-order valence-electron chi connectivity index (χ2n) is 4.81. The molecule has 2 aromatic rings. The van der Waals surface area contributed by atoms with E-state index < -0.39 is 0 Å². The summed E-state index contributed by atoms with van der Waals surface area (Å²) >= 11 is 10.3. The fourth-order valence-corrected chi connectivity index (χ4v) is 2.44. The molecule has 0 aliphatic heterocycles. The van der Waals surface area contributed by atoms with Gasteiger partial charge in [-0.3, -0.25) is 4.79 Å². The molecule has 0 aromatic heterocycles. The van der Waals surface area contributed by atoms with Crippen LogP contribution < -0.4 is 0 Å². The van der Waals surface area contributed by atoms with Crippen molar-refractivity contribution in [3.05, 3.63) is 64.2 Å². The summed E-state index contributed by atoms with van der Waals surface area (Å²) in [5, 5.41) is 0.448. The van der Waals surface area contributed by atoms with E-state index in [0.717, 1.165) is 10.5 Å². The number of nitrogens with zero attached hydrogens (tertiary/aromatic N) is 1. The van der Waals surface area contributed by atoms with Crippen LogP contribution in [0.5, 0.6) is 0 Å². The van der Waals surface area contributed by atoms with E-state index in [-0.39, 0.29) is 5.91 Å². The molecule has 0 aliphatic rings. The maximum absolute atomic E-state index is 12.4. The second-order valence-corrected chi connectivity index (χ2v) is 5.74. The van der Waals surface area contributed by atoms with E-state index in [1.807, 2.05) is 25.1 Å². The first-order valence-electron chi connectivity index (χ1n) is 6.27. The standard InChI is InChI=1S/C16H16ClNOS/c1-11-4-3-5-12(8-11)10-18(2)16(19)14-9-13(20)6-7-15(14)17/h3-9,20H,10H2,1-2H3. The van der Waals surface area contributed by atoms with E-state index >= 15 is 0 Å². The quantitative estimate of drug-likeness (QED) is 0.842. The van der Waals surface area contributed by atoms with Crippen molar-refractivity contribution in [1.29, 1.82) is 0 Å². The first-order chi connectivity index (χ1) is 9.47. The predicted octanol–water partition coefficient (Wildman–Crippen LogP) is 4.21. The van der Waals surface area contributed by atoms with Crippen molar-refractivity contribution >= 4 is 30.1 Å². The van der Waals surface area contributed by atoms with Gasteiger partial charge in [-0.05, 0) is 30.7 Å². The Balaban J connectivity index is 2.18. The minimum atomic E-state index is -0.104. The molecular formula is C16H16ClNOS. The molecule has 2 aromatic carbocycles. The van der Waals surface area contributed by atoms with Crippen LogP contribution in [-0.2, 0) is 6.54 Å². The highest BCUT2D eigenvalue weighted by Crippen LogP contribution is 2.21. The van der Waals surface area contributed by atoms with Gasteiger partial charge >= 0.3 is 0 Å². The van der Waals surface area contributed by atoms with Gasteiger partial charge in [0.1, 0.15) is 0 Å². The van der Waals surface area contributed by atoms with Gasteiger partial charge in [-0.25, -0.2) is 0 Å². The van der Waals surface area contributed by atoms with Crippen LogP contribution in [0.4, 0.5) is 0 Å². The Morgan fingerprint density at radius 2 is 2.00 bits per heavy atom. The summed E-state index contributed by atoms with van der Waals surface area (Å²) in [7, 11) is 1.77. The van der Waals surface area contributed by atoms with Crippen LogP contribution in [0.2, 0.25) is 5.02 Å². The van der Waals surface area contributed by atoms with E-state index in [0.29, 0.717) is 17.1 Å². The Hall–Kier alpha value is -1.45. The molecule has 0 radical (unpaired) electrons. The van der Waals surface area contributed by atoms with Crippen molar-refractivity contribution in [2.75, 3.05) is 7.05 Å². The van der Waals surface area contributed by atoms with Gasteiger partial charge in [0.15, 0.2) is 0 Å². The number of rotatable bonds is 3. The zero-order valence-corrected chi connectivity index (χ0v) is 13.1. The number of hydrogen-bond donors (Lipinski definition) is 1. The number of carbonyl (C=O) groups excluding carboxylic acids is 1. The van der Waals surface area contributed by atoms with Gasteiger partial charge in [-0.1, -0.05) is 41.4 Å². The molecule has 0 bridgehead atoms. The summed E-state index contributed by atoms with van der Waals surface area (Å²) in [6.45, 7) is 2.58. The average molecular weight is 306 g/mol. The molecule has 20 heavy (non-hydrogen) atoms. The number of aryl methyl sites for hydroxylation is 1. The van der Waals surface area contributed by atoms with Crippen LogP contribution in [0.3, 0.4) is 0 Å². The fraction of sp³-hybridized carbons (Fsp3) is 0.188. The molecule has 2 nitrogen and oxygen atoms in total. The lowest BCUT2D eigenvalue weighted by Crippen LogP contribution is -2.26. The monoisotopic (exact) mass is 305 g/mol. The lowest BCUT2D eigenvalue weighted by Gasteiger charge is -2.18. The molecule has 0 heterocycles. The molecule has 0 spiro atoms. The Labute approximate surface area is 129 Å². The van der Waals surface area contributed by atoms with Crippen LogP contribution in [0.1, 0.15) is 21.5 Å². The summed E-state index contributed by atoms with van der Waals surface area (Å²) in [5.41, 5.74) is 2.76. The van der Waals surface area contributed by atoms with Crippen molar-refractivity contribution in [2.45, 2.75) is 18.4 Å². The van der Waals surface area contributed by atoms with Crippen LogP contribution in [0.15, 0.2) is 47.4 Å². The first-order valence-corrected chi connectivity index (χ1v) is 7.09. The summed E-state index contributed by atoms with van der Waals surface area (Å²) in [5.74, 6) is -0.104. The third kappa shape index (κ3) is 3.56. The molecule has 0 fully saturated rings. The van der Waals surface area contributed by atoms with Crippen molar-refractivity contribution in [3.8, 4) is 0 Å². The Kier molecular flexibility index (Phi) is 4.73. The van der Waals surface area contributed by atoms with Crippen LogP contribution in [-0.4, -0.2) is 17.9 Å². The van der Waals surface area contributed by atoms with Crippen LogP contribution >= 0.6 is 24.2 Å². The normalized spacial score (nSPS) is 10.4. The van der Waals surface area contributed by atoms with E-state index in [2.05, 4.69) is 18.7 Å². The third-order valence-corrected chi connectivity index (χ3v) is 3.64. The largest absolute Gasteiger partial charge is 0.337 e. The number of thiol groups is 1. The van der Waals surface area contributed by atoms with Gasteiger partial charge in [0.25, 0.3) is 5.91 Å². The SMILES string of the molecule is Cc1cccc(CN(C)C(=O)c2cc(S)ccc2Cl)c1. The van der Waals surface area contributed by atoms with Gasteiger partial charge in [0.05, 0.1) is 10.6 Å². The molecule has 0 aliphatic carbocycles. The van der Waals surface area contributed by atoms with Crippen molar-refractivity contribution in [1.82, 2.24) is 4.90 Å². The molecule has 104 valence electrons. The highest BCUT2D eigenvalue weighted by molar-refractivity contribution is 7.80. The molecule has 0 N–H and O–H groups in total. The smallest absolute Gasteiger partial charge is 0.255 e. The van der Waals surface area contributed by atoms with Crippen molar-refractivity contribution in [3.63, 3.8) is 0 Å². The first kappa shape index (κ1) is 14.9.